The van der Waals surface area contributed by atoms with E-state index in [-0.39, 0.29) is 17.9 Å². The van der Waals surface area contributed by atoms with E-state index in [1.54, 1.807) is 60.8 Å². The third-order valence-corrected chi connectivity index (χ3v) is 5.63. The molecule has 1 aliphatic rings. The minimum atomic E-state index is -0.839. The second-order valence-electron chi connectivity index (χ2n) is 7.86. The fraction of sp³-hybridized carbons (Fsp3) is 0.222. The van der Waals surface area contributed by atoms with Crippen LogP contribution >= 0.6 is 0 Å². The molecular weight excluding hydrogens is 432 g/mol. The van der Waals surface area contributed by atoms with Crippen LogP contribution in [0.5, 0.6) is 11.5 Å². The number of aliphatic hydroxyl groups is 1. The molecule has 1 saturated heterocycles. The minimum absolute atomic E-state index is 0.00709. The van der Waals surface area contributed by atoms with E-state index >= 15 is 0 Å². The number of carbonyl (C=O) groups excluding carboxylic acids is 2. The first-order chi connectivity index (χ1) is 16.5. The van der Waals surface area contributed by atoms with E-state index in [1.165, 1.54) is 12.0 Å². The zero-order valence-electron chi connectivity index (χ0n) is 19.1. The first kappa shape index (κ1) is 23.0. The number of para-hydroxylation sites is 1. The Morgan fingerprint density at radius 1 is 1.03 bits per heavy atom. The maximum Gasteiger partial charge on any atom is 0.296 e. The van der Waals surface area contributed by atoms with Crippen LogP contribution in [0.15, 0.2) is 78.5 Å². The fourth-order valence-electron chi connectivity index (χ4n) is 4.01. The van der Waals surface area contributed by atoms with Gasteiger partial charge in [-0.15, -0.1) is 0 Å². The first-order valence-corrected chi connectivity index (χ1v) is 11.1. The van der Waals surface area contributed by atoms with Crippen molar-refractivity contribution in [1.29, 1.82) is 0 Å². The number of benzene rings is 2. The summed E-state index contributed by atoms with van der Waals surface area (Å²) in [4.78, 5) is 32.1. The van der Waals surface area contributed by atoms with Gasteiger partial charge in [0.25, 0.3) is 11.7 Å². The lowest BCUT2D eigenvalue weighted by atomic mass is 9.94. The Bertz CT molecular complexity index is 1210. The van der Waals surface area contributed by atoms with Gasteiger partial charge in [-0.1, -0.05) is 31.2 Å². The normalized spacial score (nSPS) is 17.1. The molecule has 7 nitrogen and oxygen atoms in total. The molecule has 1 aromatic heterocycles. The number of aliphatic hydroxyl groups excluding tert-OH is 1. The third-order valence-electron chi connectivity index (χ3n) is 5.63. The molecular formula is C27H26N2O5. The van der Waals surface area contributed by atoms with Crippen molar-refractivity contribution in [2.24, 2.45) is 0 Å². The number of hydrogen-bond donors (Lipinski definition) is 1. The lowest BCUT2D eigenvalue weighted by molar-refractivity contribution is -0.140. The van der Waals surface area contributed by atoms with E-state index in [1.807, 2.05) is 19.1 Å². The number of amides is 1. The fourth-order valence-corrected chi connectivity index (χ4v) is 4.01. The average Bonchev–Trinajstić information content (AvgIpc) is 3.12. The molecule has 1 amide bonds. The number of Topliss-reactive ketones (excluding diaryl/α,β-unsaturated/α-hetero) is 1. The van der Waals surface area contributed by atoms with Gasteiger partial charge in [0.1, 0.15) is 17.3 Å². The maximum atomic E-state index is 13.2. The Balaban J connectivity index is 1.82. The van der Waals surface area contributed by atoms with Gasteiger partial charge in [-0.3, -0.25) is 14.6 Å². The predicted octanol–water partition coefficient (Wildman–Crippen LogP) is 4.50. The van der Waals surface area contributed by atoms with Gasteiger partial charge in [-0.25, -0.2) is 0 Å². The molecule has 1 unspecified atom stereocenters. The number of pyridine rings is 1. The number of hydrogen-bond acceptors (Lipinski definition) is 6. The summed E-state index contributed by atoms with van der Waals surface area (Å²) in [5.41, 5.74) is 1.65. The molecule has 0 saturated carbocycles. The molecule has 2 aromatic carbocycles. The van der Waals surface area contributed by atoms with Crippen molar-refractivity contribution in [2.45, 2.75) is 25.9 Å². The zero-order chi connectivity index (χ0) is 24.1. The molecule has 1 fully saturated rings. The summed E-state index contributed by atoms with van der Waals surface area (Å²) in [5, 5.41) is 11.2. The van der Waals surface area contributed by atoms with E-state index in [4.69, 9.17) is 9.47 Å². The van der Waals surface area contributed by atoms with Crippen molar-refractivity contribution in [3.63, 3.8) is 0 Å². The number of likely N-dealkylation sites (tertiary alicyclic amines) is 1. The Morgan fingerprint density at radius 2 is 1.76 bits per heavy atom. The summed E-state index contributed by atoms with van der Waals surface area (Å²) in [5.74, 6) is -0.536. The van der Waals surface area contributed by atoms with Crippen LogP contribution in [0.3, 0.4) is 0 Å². The maximum absolute atomic E-state index is 13.2. The van der Waals surface area contributed by atoms with Gasteiger partial charge in [0, 0.05) is 17.3 Å². The van der Waals surface area contributed by atoms with Crippen molar-refractivity contribution >= 4 is 17.4 Å². The molecule has 3 aromatic rings. The number of ketones is 1. The van der Waals surface area contributed by atoms with Crippen LogP contribution < -0.4 is 9.47 Å². The number of carbonyl (C=O) groups is 2. The van der Waals surface area contributed by atoms with Gasteiger partial charge in [-0.2, -0.15) is 0 Å². The van der Waals surface area contributed by atoms with E-state index in [2.05, 4.69) is 4.98 Å². The summed E-state index contributed by atoms with van der Waals surface area (Å²) in [7, 11) is 1.53. The molecule has 0 spiro atoms. The lowest BCUT2D eigenvalue weighted by Gasteiger charge is -2.26. The van der Waals surface area contributed by atoms with Crippen LogP contribution in [-0.4, -0.2) is 40.4 Å². The third kappa shape index (κ3) is 4.50. The smallest absolute Gasteiger partial charge is 0.296 e. The van der Waals surface area contributed by atoms with Crippen molar-refractivity contribution in [1.82, 2.24) is 9.88 Å². The molecule has 1 atom stereocenters. The van der Waals surface area contributed by atoms with E-state index in [0.717, 1.165) is 6.42 Å². The van der Waals surface area contributed by atoms with Gasteiger partial charge in [0.2, 0.25) is 0 Å². The van der Waals surface area contributed by atoms with E-state index in [9.17, 15) is 14.7 Å². The largest absolute Gasteiger partial charge is 0.507 e. The van der Waals surface area contributed by atoms with Crippen LogP contribution in [0.2, 0.25) is 0 Å². The van der Waals surface area contributed by atoms with Crippen molar-refractivity contribution in [3.05, 3.63) is 95.3 Å². The molecule has 34 heavy (non-hydrogen) atoms. The summed E-state index contributed by atoms with van der Waals surface area (Å²) in [6.45, 7) is 2.70. The van der Waals surface area contributed by atoms with Gasteiger partial charge < -0.3 is 19.5 Å². The number of nitrogens with zero attached hydrogens (tertiary/aromatic N) is 2. The molecule has 1 aliphatic heterocycles. The summed E-state index contributed by atoms with van der Waals surface area (Å²) in [6, 6.07) is 18.5. The molecule has 2 heterocycles. The average molecular weight is 459 g/mol. The number of ether oxygens (including phenoxy) is 2. The second kappa shape index (κ2) is 10.2. The quantitative estimate of drug-likeness (QED) is 0.304. The molecule has 0 aliphatic carbocycles. The van der Waals surface area contributed by atoms with Crippen molar-refractivity contribution in [3.8, 4) is 11.5 Å². The number of rotatable bonds is 8. The van der Waals surface area contributed by atoms with Crippen LogP contribution in [0, 0.1) is 0 Å². The highest BCUT2D eigenvalue weighted by Gasteiger charge is 2.47. The van der Waals surface area contributed by atoms with Crippen LogP contribution in [-0.2, 0) is 16.1 Å². The zero-order valence-corrected chi connectivity index (χ0v) is 19.1. The van der Waals surface area contributed by atoms with Crippen LogP contribution in [0.1, 0.15) is 36.2 Å². The molecule has 4 rings (SSSR count). The highest BCUT2D eigenvalue weighted by molar-refractivity contribution is 6.46. The standard InChI is InChI=1S/C27H26N2O5/c1-3-16-34-20-13-11-18(12-14-20)25(30)23-24(21-9-4-5-10-22(21)33-2)29(27(32)26(23)31)17-19-8-6-7-15-28-19/h4-15,24,30H,3,16-17H2,1-2H3/b25-23-. The number of aromatic nitrogens is 1. The monoisotopic (exact) mass is 458 g/mol. The Morgan fingerprint density at radius 3 is 2.44 bits per heavy atom. The molecule has 7 heteroatoms. The first-order valence-electron chi connectivity index (χ1n) is 11.1. The molecule has 174 valence electrons. The highest BCUT2D eigenvalue weighted by Crippen LogP contribution is 2.43. The Hall–Kier alpha value is -4.13. The second-order valence-corrected chi connectivity index (χ2v) is 7.86. The van der Waals surface area contributed by atoms with Crippen LogP contribution in [0.25, 0.3) is 5.76 Å². The van der Waals surface area contributed by atoms with Crippen molar-refractivity contribution < 1.29 is 24.2 Å². The van der Waals surface area contributed by atoms with Crippen LogP contribution in [0.4, 0.5) is 0 Å². The Labute approximate surface area is 198 Å². The summed E-state index contributed by atoms with van der Waals surface area (Å²) < 4.78 is 11.1. The highest BCUT2D eigenvalue weighted by atomic mass is 16.5. The number of methoxy groups -OCH3 is 1. The van der Waals surface area contributed by atoms with E-state index in [0.29, 0.717) is 34.9 Å². The lowest BCUT2D eigenvalue weighted by Crippen LogP contribution is -2.29. The molecule has 1 N–H and O–H groups in total. The summed E-state index contributed by atoms with van der Waals surface area (Å²) in [6.07, 6.45) is 2.51. The van der Waals surface area contributed by atoms with Crippen molar-refractivity contribution in [2.75, 3.05) is 13.7 Å². The van der Waals surface area contributed by atoms with Gasteiger partial charge >= 0.3 is 0 Å². The topological polar surface area (TPSA) is 89.0 Å². The SMILES string of the molecule is CCCOc1ccc(/C(O)=C2/C(=O)C(=O)N(Cc3ccccn3)C2c2ccccc2OC)cc1. The van der Waals surface area contributed by atoms with E-state index < -0.39 is 17.7 Å². The Kier molecular flexibility index (Phi) is 6.92. The minimum Gasteiger partial charge on any atom is -0.507 e. The van der Waals surface area contributed by atoms with Gasteiger partial charge in [-0.05, 0) is 48.9 Å². The molecule has 0 radical (unpaired) electrons. The van der Waals surface area contributed by atoms with Gasteiger partial charge in [0.15, 0.2) is 0 Å². The van der Waals surface area contributed by atoms with Gasteiger partial charge in [0.05, 0.1) is 37.6 Å². The predicted molar refractivity (Wildman–Crippen MR) is 127 cm³/mol. The summed E-state index contributed by atoms with van der Waals surface area (Å²) >= 11 is 0. The molecule has 0 bridgehead atoms.